The van der Waals surface area contributed by atoms with Gasteiger partial charge in [-0.3, -0.25) is 9.69 Å². The second-order valence-electron chi connectivity index (χ2n) is 5.61. The van der Waals surface area contributed by atoms with Crippen LogP contribution in [0.5, 0.6) is 0 Å². The Balaban J connectivity index is 1.71. The predicted molar refractivity (Wildman–Crippen MR) is 88.1 cm³/mol. The van der Waals surface area contributed by atoms with Crippen molar-refractivity contribution in [3.8, 4) is 11.1 Å². The van der Waals surface area contributed by atoms with Crippen molar-refractivity contribution in [1.29, 1.82) is 0 Å². The van der Waals surface area contributed by atoms with Crippen molar-refractivity contribution in [2.24, 2.45) is 0 Å². The molecule has 0 unspecified atom stereocenters. The molecule has 2 amide bonds. The first-order valence-electron chi connectivity index (χ1n) is 7.61. The second-order valence-corrected chi connectivity index (χ2v) is 5.61. The maximum atomic E-state index is 13.3. The molecule has 1 fully saturated rings. The SMILES string of the molecule is CC(=O)NC[C@H]1CN(c2ccc(-c3cccc(F)c3)cc2)C(=O)O1. The van der Waals surface area contributed by atoms with Gasteiger partial charge in [-0.2, -0.15) is 0 Å². The maximum absolute atomic E-state index is 13.3. The van der Waals surface area contributed by atoms with E-state index in [9.17, 15) is 14.0 Å². The van der Waals surface area contributed by atoms with Crippen LogP contribution in [0.4, 0.5) is 14.9 Å². The standard InChI is InChI=1S/C18H17FN2O3/c1-12(22)20-10-17-11-21(18(23)24-17)16-7-5-13(6-8-16)14-3-2-4-15(19)9-14/h2-9,17H,10-11H2,1H3,(H,20,22)/t17-/m0/s1. The van der Waals surface area contributed by atoms with Crippen molar-refractivity contribution in [3.63, 3.8) is 0 Å². The molecule has 1 heterocycles. The number of nitrogens with one attached hydrogen (secondary N) is 1. The molecule has 2 aromatic carbocycles. The average Bonchev–Trinajstić information content (AvgIpc) is 2.94. The summed E-state index contributed by atoms with van der Waals surface area (Å²) in [4.78, 5) is 24.4. The van der Waals surface area contributed by atoms with Crippen molar-refractivity contribution < 1.29 is 18.7 Å². The average molecular weight is 328 g/mol. The third-order valence-corrected chi connectivity index (χ3v) is 3.79. The molecular formula is C18H17FN2O3. The van der Waals surface area contributed by atoms with Crippen LogP contribution in [0.2, 0.25) is 0 Å². The highest BCUT2D eigenvalue weighted by atomic mass is 19.1. The smallest absolute Gasteiger partial charge is 0.414 e. The third-order valence-electron chi connectivity index (χ3n) is 3.79. The molecule has 1 atom stereocenters. The molecule has 2 aromatic rings. The summed E-state index contributed by atoms with van der Waals surface area (Å²) >= 11 is 0. The highest BCUT2D eigenvalue weighted by Gasteiger charge is 2.32. The lowest BCUT2D eigenvalue weighted by Crippen LogP contribution is -2.33. The first-order valence-corrected chi connectivity index (χ1v) is 7.61. The van der Waals surface area contributed by atoms with Gasteiger partial charge in [0.25, 0.3) is 0 Å². The largest absolute Gasteiger partial charge is 0.442 e. The Morgan fingerprint density at radius 1 is 1.25 bits per heavy atom. The summed E-state index contributed by atoms with van der Waals surface area (Å²) in [6.07, 6.45) is -0.812. The Bertz CT molecular complexity index is 761. The molecule has 0 bridgehead atoms. The number of hydrogen-bond donors (Lipinski definition) is 1. The molecule has 0 aromatic heterocycles. The van der Waals surface area contributed by atoms with Gasteiger partial charge in [-0.15, -0.1) is 0 Å². The normalized spacial score (nSPS) is 16.8. The molecule has 1 N–H and O–H groups in total. The number of halogens is 1. The van der Waals surface area contributed by atoms with Gasteiger partial charge < -0.3 is 10.1 Å². The zero-order chi connectivity index (χ0) is 17.1. The van der Waals surface area contributed by atoms with Crippen LogP contribution >= 0.6 is 0 Å². The second kappa shape index (κ2) is 6.70. The number of rotatable bonds is 4. The number of nitrogens with zero attached hydrogens (tertiary/aromatic N) is 1. The van der Waals surface area contributed by atoms with Gasteiger partial charge in [-0.25, -0.2) is 9.18 Å². The Hall–Kier alpha value is -2.89. The van der Waals surface area contributed by atoms with Gasteiger partial charge in [-0.05, 0) is 35.4 Å². The zero-order valence-corrected chi connectivity index (χ0v) is 13.2. The van der Waals surface area contributed by atoms with Crippen LogP contribution in [0, 0.1) is 5.82 Å². The predicted octanol–water partition coefficient (Wildman–Crippen LogP) is 2.95. The van der Waals surface area contributed by atoms with E-state index in [1.807, 2.05) is 18.2 Å². The van der Waals surface area contributed by atoms with Crippen LogP contribution in [0.15, 0.2) is 48.5 Å². The minimum Gasteiger partial charge on any atom is -0.442 e. The summed E-state index contributed by atoms with van der Waals surface area (Å²) in [5.74, 6) is -0.454. The van der Waals surface area contributed by atoms with Gasteiger partial charge in [0.2, 0.25) is 5.91 Å². The number of carbonyl (C=O) groups is 2. The van der Waals surface area contributed by atoms with Crippen molar-refractivity contribution >= 4 is 17.7 Å². The monoisotopic (exact) mass is 328 g/mol. The number of ether oxygens (including phenoxy) is 1. The van der Waals surface area contributed by atoms with Crippen molar-refractivity contribution in [2.75, 3.05) is 18.0 Å². The fraction of sp³-hybridized carbons (Fsp3) is 0.222. The first kappa shape index (κ1) is 16.0. The Morgan fingerprint density at radius 2 is 2.00 bits per heavy atom. The molecule has 0 saturated carbocycles. The zero-order valence-electron chi connectivity index (χ0n) is 13.2. The van der Waals surface area contributed by atoms with Gasteiger partial charge in [0, 0.05) is 12.6 Å². The topological polar surface area (TPSA) is 58.6 Å². The maximum Gasteiger partial charge on any atom is 0.414 e. The van der Waals surface area contributed by atoms with Crippen LogP contribution in [0.1, 0.15) is 6.92 Å². The lowest BCUT2D eigenvalue weighted by molar-refractivity contribution is -0.119. The molecule has 0 radical (unpaired) electrons. The number of carbonyl (C=O) groups excluding carboxylic acids is 2. The van der Waals surface area contributed by atoms with E-state index < -0.39 is 6.09 Å². The van der Waals surface area contributed by atoms with Crippen molar-refractivity contribution in [3.05, 3.63) is 54.3 Å². The molecule has 1 saturated heterocycles. The molecule has 24 heavy (non-hydrogen) atoms. The molecular weight excluding hydrogens is 311 g/mol. The van der Waals surface area contributed by atoms with E-state index in [1.54, 1.807) is 18.2 Å². The lowest BCUT2D eigenvalue weighted by atomic mass is 10.1. The molecule has 124 valence electrons. The van der Waals surface area contributed by atoms with Crippen LogP contribution in [-0.2, 0) is 9.53 Å². The molecule has 1 aliphatic heterocycles. The molecule has 0 aliphatic carbocycles. The summed E-state index contributed by atoms with van der Waals surface area (Å²) in [5, 5.41) is 2.64. The number of amides is 2. The van der Waals surface area contributed by atoms with Gasteiger partial charge in [-0.1, -0.05) is 24.3 Å². The van der Waals surface area contributed by atoms with E-state index in [-0.39, 0.29) is 17.8 Å². The summed E-state index contributed by atoms with van der Waals surface area (Å²) < 4.78 is 18.5. The first-order chi connectivity index (χ1) is 11.5. The summed E-state index contributed by atoms with van der Waals surface area (Å²) in [7, 11) is 0. The molecule has 6 heteroatoms. The lowest BCUT2D eigenvalue weighted by Gasteiger charge is -2.13. The van der Waals surface area contributed by atoms with E-state index in [0.29, 0.717) is 18.8 Å². The molecule has 5 nitrogen and oxygen atoms in total. The van der Waals surface area contributed by atoms with Gasteiger partial charge >= 0.3 is 6.09 Å². The summed E-state index contributed by atoms with van der Waals surface area (Å²) in [5.41, 5.74) is 2.33. The fourth-order valence-electron chi connectivity index (χ4n) is 2.60. The van der Waals surface area contributed by atoms with Gasteiger partial charge in [0.1, 0.15) is 11.9 Å². The molecule has 0 spiro atoms. The Morgan fingerprint density at radius 3 is 2.67 bits per heavy atom. The number of benzene rings is 2. The van der Waals surface area contributed by atoms with E-state index in [4.69, 9.17) is 4.74 Å². The number of cyclic esters (lactones) is 1. The van der Waals surface area contributed by atoms with Crippen molar-refractivity contribution in [2.45, 2.75) is 13.0 Å². The number of hydrogen-bond acceptors (Lipinski definition) is 3. The van der Waals surface area contributed by atoms with E-state index in [2.05, 4.69) is 5.32 Å². The van der Waals surface area contributed by atoms with Crippen LogP contribution in [0.3, 0.4) is 0 Å². The third kappa shape index (κ3) is 3.53. The van der Waals surface area contributed by atoms with Gasteiger partial charge in [0.15, 0.2) is 0 Å². The molecule has 1 aliphatic rings. The minimum absolute atomic E-state index is 0.163. The van der Waals surface area contributed by atoms with Crippen LogP contribution in [-0.4, -0.2) is 31.2 Å². The van der Waals surface area contributed by atoms with Gasteiger partial charge in [0.05, 0.1) is 13.1 Å². The molecule has 3 rings (SSSR count). The van der Waals surface area contributed by atoms with E-state index in [1.165, 1.54) is 24.0 Å². The Kier molecular flexibility index (Phi) is 4.46. The summed E-state index contributed by atoms with van der Waals surface area (Å²) in [6.45, 7) is 2.08. The quantitative estimate of drug-likeness (QED) is 0.939. The van der Waals surface area contributed by atoms with Crippen LogP contribution in [0.25, 0.3) is 11.1 Å². The highest BCUT2D eigenvalue weighted by Crippen LogP contribution is 2.26. The van der Waals surface area contributed by atoms with E-state index >= 15 is 0 Å². The minimum atomic E-state index is -0.441. The highest BCUT2D eigenvalue weighted by molar-refractivity contribution is 5.90. The van der Waals surface area contributed by atoms with Crippen molar-refractivity contribution in [1.82, 2.24) is 5.32 Å². The Labute approximate surface area is 139 Å². The van der Waals surface area contributed by atoms with E-state index in [0.717, 1.165) is 11.1 Å². The number of anilines is 1. The summed E-state index contributed by atoms with van der Waals surface area (Å²) in [6, 6.07) is 13.6. The fourth-order valence-corrected chi connectivity index (χ4v) is 2.60. The van der Waals surface area contributed by atoms with Crippen LogP contribution < -0.4 is 10.2 Å².